The Balaban J connectivity index is 2.09. The first-order valence-electron chi connectivity index (χ1n) is 6.96. The zero-order valence-corrected chi connectivity index (χ0v) is 11.8. The maximum absolute atomic E-state index is 11.1. The molecule has 0 saturated heterocycles. The molecular formula is C15H21N3O2. The van der Waals surface area contributed by atoms with Crippen molar-refractivity contribution in [3.63, 3.8) is 0 Å². The van der Waals surface area contributed by atoms with Gasteiger partial charge in [0, 0.05) is 24.5 Å². The fourth-order valence-electron chi connectivity index (χ4n) is 2.21. The summed E-state index contributed by atoms with van der Waals surface area (Å²) < 4.78 is 7.88. The number of nitrogens with two attached hydrogens (primary N) is 1. The molecule has 0 aliphatic heterocycles. The van der Waals surface area contributed by atoms with Gasteiger partial charge in [0.15, 0.2) is 0 Å². The lowest BCUT2D eigenvalue weighted by molar-refractivity contribution is -0.121. The number of fused-ring (bicyclic) bond motifs is 1. The summed E-state index contributed by atoms with van der Waals surface area (Å²) in [6, 6.07) is 8.11. The molecule has 108 valence electrons. The molecular weight excluding hydrogens is 254 g/mol. The van der Waals surface area contributed by atoms with E-state index in [1.54, 1.807) is 0 Å². The Kier molecular flexibility index (Phi) is 5.01. The second-order valence-corrected chi connectivity index (χ2v) is 4.72. The average Bonchev–Trinajstić information content (AvgIpc) is 2.89. The van der Waals surface area contributed by atoms with E-state index in [0.29, 0.717) is 6.42 Å². The quantitative estimate of drug-likeness (QED) is 0.462. The molecule has 1 aromatic heterocycles. The minimum Gasteiger partial charge on any atom is -0.493 e. The van der Waals surface area contributed by atoms with Crippen molar-refractivity contribution < 1.29 is 9.53 Å². The van der Waals surface area contributed by atoms with Gasteiger partial charge in [-0.2, -0.15) is 0 Å². The van der Waals surface area contributed by atoms with Crippen LogP contribution in [-0.2, 0) is 11.3 Å². The van der Waals surface area contributed by atoms with E-state index in [4.69, 9.17) is 10.6 Å². The third-order valence-electron chi connectivity index (χ3n) is 3.20. The number of amides is 1. The predicted molar refractivity (Wildman–Crippen MR) is 79.3 cm³/mol. The van der Waals surface area contributed by atoms with E-state index in [9.17, 15) is 4.79 Å². The Bertz CT molecular complexity index is 578. The van der Waals surface area contributed by atoms with Gasteiger partial charge >= 0.3 is 0 Å². The van der Waals surface area contributed by atoms with E-state index in [1.807, 2.05) is 18.3 Å². The van der Waals surface area contributed by atoms with Crippen LogP contribution in [0.4, 0.5) is 0 Å². The van der Waals surface area contributed by atoms with Crippen LogP contribution >= 0.6 is 0 Å². The van der Waals surface area contributed by atoms with Crippen molar-refractivity contribution in [3.8, 4) is 5.75 Å². The summed E-state index contributed by atoms with van der Waals surface area (Å²) in [5, 5.41) is 1.12. The number of nitrogens with one attached hydrogen (secondary N) is 1. The summed E-state index contributed by atoms with van der Waals surface area (Å²) in [7, 11) is 0. The molecule has 0 spiro atoms. The van der Waals surface area contributed by atoms with Crippen LogP contribution < -0.4 is 16.0 Å². The Labute approximate surface area is 118 Å². The lowest BCUT2D eigenvalue weighted by Crippen LogP contribution is -2.29. The number of aromatic nitrogens is 1. The molecule has 0 bridgehead atoms. The number of ether oxygens (including phenoxy) is 1. The second kappa shape index (κ2) is 6.96. The van der Waals surface area contributed by atoms with Crippen molar-refractivity contribution in [2.45, 2.75) is 32.7 Å². The Morgan fingerprint density at radius 3 is 3.00 bits per heavy atom. The van der Waals surface area contributed by atoms with Crippen LogP contribution in [0.1, 0.15) is 26.2 Å². The molecule has 20 heavy (non-hydrogen) atoms. The van der Waals surface area contributed by atoms with Crippen LogP contribution in [0.25, 0.3) is 10.9 Å². The van der Waals surface area contributed by atoms with Crippen molar-refractivity contribution in [1.29, 1.82) is 0 Å². The van der Waals surface area contributed by atoms with Gasteiger partial charge in [0.1, 0.15) is 5.75 Å². The summed E-state index contributed by atoms with van der Waals surface area (Å²) in [6.45, 7) is 3.60. The lowest BCUT2D eigenvalue weighted by atomic mass is 10.2. The van der Waals surface area contributed by atoms with Crippen LogP contribution in [0, 0.1) is 0 Å². The number of hydrogen-bond donors (Lipinski definition) is 2. The van der Waals surface area contributed by atoms with Gasteiger partial charge in [0.05, 0.1) is 12.1 Å². The van der Waals surface area contributed by atoms with Crippen molar-refractivity contribution in [3.05, 3.63) is 30.5 Å². The molecule has 0 atom stereocenters. The topological polar surface area (TPSA) is 69.3 Å². The number of aryl methyl sites for hydroxylation is 1. The molecule has 0 aliphatic rings. The predicted octanol–water partition coefficient (Wildman–Crippen LogP) is 2.20. The van der Waals surface area contributed by atoms with E-state index < -0.39 is 0 Å². The maximum Gasteiger partial charge on any atom is 0.233 e. The molecule has 1 heterocycles. The third kappa shape index (κ3) is 3.30. The molecule has 5 nitrogen and oxygen atoms in total. The van der Waals surface area contributed by atoms with E-state index in [0.717, 1.165) is 42.6 Å². The smallest absolute Gasteiger partial charge is 0.233 e. The van der Waals surface area contributed by atoms with Gasteiger partial charge in [-0.15, -0.1) is 0 Å². The van der Waals surface area contributed by atoms with Crippen molar-refractivity contribution in [2.24, 2.45) is 5.84 Å². The normalized spacial score (nSPS) is 10.7. The van der Waals surface area contributed by atoms with Gasteiger partial charge < -0.3 is 9.30 Å². The Hall–Kier alpha value is -2.01. The maximum atomic E-state index is 11.1. The average molecular weight is 275 g/mol. The fourth-order valence-corrected chi connectivity index (χ4v) is 2.21. The molecule has 0 saturated carbocycles. The van der Waals surface area contributed by atoms with Crippen molar-refractivity contribution in [1.82, 2.24) is 9.99 Å². The van der Waals surface area contributed by atoms with Gasteiger partial charge in [0.25, 0.3) is 0 Å². The third-order valence-corrected chi connectivity index (χ3v) is 3.20. The van der Waals surface area contributed by atoms with Gasteiger partial charge in [-0.25, -0.2) is 5.84 Å². The molecule has 5 heteroatoms. The molecule has 3 N–H and O–H groups in total. The fraction of sp³-hybridized carbons (Fsp3) is 0.400. The highest BCUT2D eigenvalue weighted by atomic mass is 16.5. The van der Waals surface area contributed by atoms with Crippen LogP contribution in [0.15, 0.2) is 30.5 Å². The van der Waals surface area contributed by atoms with Gasteiger partial charge in [0.2, 0.25) is 5.91 Å². The summed E-state index contributed by atoms with van der Waals surface area (Å²) in [4.78, 5) is 11.1. The molecule has 2 aromatic rings. The molecule has 0 unspecified atom stereocenters. The summed E-state index contributed by atoms with van der Waals surface area (Å²) in [5.41, 5.74) is 3.28. The zero-order chi connectivity index (χ0) is 14.4. The monoisotopic (exact) mass is 275 g/mol. The summed E-state index contributed by atoms with van der Waals surface area (Å²) in [5.74, 6) is 5.85. The number of benzene rings is 1. The van der Waals surface area contributed by atoms with Crippen LogP contribution in [0.2, 0.25) is 0 Å². The van der Waals surface area contributed by atoms with E-state index in [2.05, 4.69) is 29.0 Å². The molecule has 0 fully saturated rings. The van der Waals surface area contributed by atoms with Crippen molar-refractivity contribution >= 4 is 16.8 Å². The molecule has 0 radical (unpaired) electrons. The highest BCUT2D eigenvalue weighted by molar-refractivity contribution is 5.86. The first-order chi connectivity index (χ1) is 9.76. The highest BCUT2D eigenvalue weighted by Crippen LogP contribution is 2.27. The van der Waals surface area contributed by atoms with Crippen LogP contribution in [0.5, 0.6) is 5.75 Å². The zero-order valence-electron chi connectivity index (χ0n) is 11.8. The first kappa shape index (κ1) is 14.4. The minimum atomic E-state index is -0.131. The second-order valence-electron chi connectivity index (χ2n) is 4.72. The van der Waals surface area contributed by atoms with E-state index >= 15 is 0 Å². The SMILES string of the molecule is CCCOc1cccc2c1ccn2CCCC(=O)NN. The Morgan fingerprint density at radius 2 is 2.25 bits per heavy atom. The molecule has 0 aliphatic carbocycles. The minimum absolute atomic E-state index is 0.131. The highest BCUT2D eigenvalue weighted by Gasteiger charge is 2.07. The van der Waals surface area contributed by atoms with E-state index in [-0.39, 0.29) is 5.91 Å². The van der Waals surface area contributed by atoms with Crippen LogP contribution in [-0.4, -0.2) is 17.1 Å². The molecule has 2 rings (SSSR count). The first-order valence-corrected chi connectivity index (χ1v) is 6.96. The number of carbonyl (C=O) groups excluding carboxylic acids is 1. The van der Waals surface area contributed by atoms with Gasteiger partial charge in [-0.3, -0.25) is 10.2 Å². The number of nitrogens with zero attached hydrogens (tertiary/aromatic N) is 1. The van der Waals surface area contributed by atoms with Crippen LogP contribution in [0.3, 0.4) is 0 Å². The summed E-state index contributed by atoms with van der Waals surface area (Å²) >= 11 is 0. The largest absolute Gasteiger partial charge is 0.493 e. The molecule has 1 aromatic carbocycles. The Morgan fingerprint density at radius 1 is 1.40 bits per heavy atom. The lowest BCUT2D eigenvalue weighted by Gasteiger charge is -2.08. The van der Waals surface area contributed by atoms with E-state index in [1.165, 1.54) is 0 Å². The number of carbonyl (C=O) groups is 1. The number of rotatable bonds is 7. The number of hydrazine groups is 1. The van der Waals surface area contributed by atoms with Gasteiger partial charge in [-0.1, -0.05) is 13.0 Å². The molecule has 1 amide bonds. The van der Waals surface area contributed by atoms with Crippen molar-refractivity contribution in [2.75, 3.05) is 6.61 Å². The van der Waals surface area contributed by atoms with Gasteiger partial charge in [-0.05, 0) is 31.0 Å². The summed E-state index contributed by atoms with van der Waals surface area (Å²) in [6.07, 6.45) is 4.21. The standard InChI is InChI=1S/C15H21N3O2/c1-2-11-20-14-6-3-5-13-12(14)8-10-18(13)9-4-7-15(19)17-16/h3,5-6,8,10H,2,4,7,9,11,16H2,1H3,(H,17,19). The number of hydrogen-bond acceptors (Lipinski definition) is 3.